The number of methoxy groups -OCH3 is 1. The first-order valence-corrected chi connectivity index (χ1v) is 8.91. The molecule has 0 bridgehead atoms. The van der Waals surface area contributed by atoms with Gasteiger partial charge in [-0.15, -0.1) is 0 Å². The van der Waals surface area contributed by atoms with Crippen LogP contribution in [-0.2, 0) is 10.0 Å². The van der Waals surface area contributed by atoms with Crippen molar-refractivity contribution in [2.24, 2.45) is 0 Å². The molecule has 1 fully saturated rings. The summed E-state index contributed by atoms with van der Waals surface area (Å²) in [6.07, 6.45) is -5.82. The molecule has 1 aliphatic rings. The highest BCUT2D eigenvalue weighted by molar-refractivity contribution is 7.89. The molecule has 24 heavy (non-hydrogen) atoms. The second-order valence-electron chi connectivity index (χ2n) is 5.38. The van der Waals surface area contributed by atoms with Gasteiger partial charge in [-0.25, -0.2) is 13.4 Å². The van der Waals surface area contributed by atoms with Crippen LogP contribution >= 0.6 is 0 Å². The van der Waals surface area contributed by atoms with E-state index in [1.807, 2.05) is 4.90 Å². The van der Waals surface area contributed by atoms with Gasteiger partial charge in [0, 0.05) is 32.2 Å². The number of anilines is 1. The molecule has 0 N–H and O–H groups in total. The number of piperazine rings is 1. The minimum absolute atomic E-state index is 0.117. The Labute approximate surface area is 138 Å². The van der Waals surface area contributed by atoms with E-state index in [0.717, 1.165) is 4.31 Å². The molecular weight excluding hydrogens is 349 g/mol. The highest BCUT2D eigenvalue weighted by Crippen LogP contribution is 2.23. The van der Waals surface area contributed by atoms with E-state index in [1.54, 1.807) is 13.0 Å². The Balaban J connectivity index is 1.99. The normalized spacial score (nSPS) is 17.1. The van der Waals surface area contributed by atoms with Gasteiger partial charge in [-0.05, 0) is 6.92 Å². The molecule has 0 saturated carbocycles. The molecule has 1 aliphatic heterocycles. The Kier molecular flexibility index (Phi) is 5.53. The SMILES string of the molecule is COc1cc(N2CCN(S(=O)(=O)CCC(F)(F)F)CC2)nc(C)n1. The van der Waals surface area contributed by atoms with Crippen molar-refractivity contribution in [3.05, 3.63) is 11.9 Å². The highest BCUT2D eigenvalue weighted by atomic mass is 32.2. The fraction of sp³-hybridized carbons (Fsp3) is 0.692. The van der Waals surface area contributed by atoms with E-state index in [2.05, 4.69) is 9.97 Å². The lowest BCUT2D eigenvalue weighted by Gasteiger charge is -2.34. The number of hydrogen-bond acceptors (Lipinski definition) is 6. The van der Waals surface area contributed by atoms with Gasteiger partial charge < -0.3 is 9.64 Å². The lowest BCUT2D eigenvalue weighted by Crippen LogP contribution is -2.49. The van der Waals surface area contributed by atoms with Gasteiger partial charge in [0.2, 0.25) is 15.9 Å². The third-order valence-electron chi connectivity index (χ3n) is 3.61. The number of rotatable bonds is 5. The van der Waals surface area contributed by atoms with Crippen LogP contribution in [0.25, 0.3) is 0 Å². The zero-order valence-corrected chi connectivity index (χ0v) is 14.2. The van der Waals surface area contributed by atoms with Gasteiger partial charge in [0.25, 0.3) is 0 Å². The number of aromatic nitrogens is 2. The molecule has 2 rings (SSSR count). The Morgan fingerprint density at radius 1 is 1.21 bits per heavy atom. The van der Waals surface area contributed by atoms with Gasteiger partial charge in [0.05, 0.1) is 19.3 Å². The van der Waals surface area contributed by atoms with E-state index >= 15 is 0 Å². The van der Waals surface area contributed by atoms with E-state index < -0.39 is 28.4 Å². The fourth-order valence-electron chi connectivity index (χ4n) is 2.36. The molecule has 7 nitrogen and oxygen atoms in total. The van der Waals surface area contributed by atoms with Crippen LogP contribution < -0.4 is 9.64 Å². The minimum atomic E-state index is -4.48. The average Bonchev–Trinajstić information content (AvgIpc) is 2.52. The molecule has 0 amide bonds. The zero-order chi connectivity index (χ0) is 18.0. The summed E-state index contributed by atoms with van der Waals surface area (Å²) in [5.41, 5.74) is 0. The monoisotopic (exact) mass is 368 g/mol. The van der Waals surface area contributed by atoms with Crippen molar-refractivity contribution in [1.82, 2.24) is 14.3 Å². The maximum atomic E-state index is 12.2. The standard InChI is InChI=1S/C13H19F3N4O3S/c1-10-17-11(9-12(18-10)23-2)19-4-6-20(7-5-19)24(21,22)8-3-13(14,15)16/h9H,3-8H2,1-2H3. The van der Waals surface area contributed by atoms with Crippen molar-refractivity contribution in [2.45, 2.75) is 19.5 Å². The molecule has 11 heteroatoms. The van der Waals surface area contributed by atoms with Gasteiger partial charge in [0.15, 0.2) is 0 Å². The van der Waals surface area contributed by atoms with E-state index in [4.69, 9.17) is 4.74 Å². The maximum absolute atomic E-state index is 12.2. The van der Waals surface area contributed by atoms with Crippen LogP contribution in [0.2, 0.25) is 0 Å². The van der Waals surface area contributed by atoms with Crippen molar-refractivity contribution < 1.29 is 26.3 Å². The smallest absolute Gasteiger partial charge is 0.390 e. The van der Waals surface area contributed by atoms with E-state index in [9.17, 15) is 21.6 Å². The lowest BCUT2D eigenvalue weighted by molar-refractivity contribution is -0.130. The van der Waals surface area contributed by atoms with Crippen LogP contribution in [-0.4, -0.2) is 67.9 Å². The molecule has 1 aromatic rings. The second kappa shape index (κ2) is 7.09. The third-order valence-corrected chi connectivity index (χ3v) is 5.48. The van der Waals surface area contributed by atoms with Gasteiger partial charge in [-0.1, -0.05) is 0 Å². The van der Waals surface area contributed by atoms with E-state index in [1.165, 1.54) is 7.11 Å². The summed E-state index contributed by atoms with van der Waals surface area (Å²) >= 11 is 0. The fourth-order valence-corrected chi connectivity index (χ4v) is 3.83. The summed E-state index contributed by atoms with van der Waals surface area (Å²) in [6.45, 7) is 2.62. The van der Waals surface area contributed by atoms with Crippen LogP contribution in [0.15, 0.2) is 6.07 Å². The minimum Gasteiger partial charge on any atom is -0.481 e. The largest absolute Gasteiger partial charge is 0.481 e. The third kappa shape index (κ3) is 4.94. The van der Waals surface area contributed by atoms with Gasteiger partial charge >= 0.3 is 6.18 Å². The number of ether oxygens (including phenoxy) is 1. The average molecular weight is 368 g/mol. The predicted molar refractivity (Wildman–Crippen MR) is 81.6 cm³/mol. The topological polar surface area (TPSA) is 75.6 Å². The van der Waals surface area contributed by atoms with Crippen molar-refractivity contribution in [2.75, 3.05) is 43.9 Å². The molecule has 1 aromatic heterocycles. The lowest BCUT2D eigenvalue weighted by atomic mass is 10.3. The summed E-state index contributed by atoms with van der Waals surface area (Å²) in [5, 5.41) is 0. The number of halogens is 3. The predicted octanol–water partition coefficient (Wildman–Crippen LogP) is 1.20. The van der Waals surface area contributed by atoms with Crippen molar-refractivity contribution in [1.29, 1.82) is 0 Å². The van der Waals surface area contributed by atoms with Gasteiger partial charge in [-0.2, -0.15) is 22.5 Å². The van der Waals surface area contributed by atoms with Crippen molar-refractivity contribution in [3.8, 4) is 5.88 Å². The summed E-state index contributed by atoms with van der Waals surface area (Å²) in [6, 6.07) is 1.64. The summed E-state index contributed by atoms with van der Waals surface area (Å²) in [7, 11) is -2.43. The second-order valence-corrected chi connectivity index (χ2v) is 7.47. The first kappa shape index (κ1) is 18.7. The molecule has 0 unspecified atom stereocenters. The Bertz CT molecular complexity index is 674. The van der Waals surface area contributed by atoms with E-state index in [-0.39, 0.29) is 13.1 Å². The molecule has 0 spiro atoms. The van der Waals surface area contributed by atoms with Crippen LogP contribution in [0.4, 0.5) is 19.0 Å². The molecular formula is C13H19F3N4O3S. The van der Waals surface area contributed by atoms with Gasteiger partial charge in [0.1, 0.15) is 11.6 Å². The maximum Gasteiger partial charge on any atom is 0.390 e. The molecule has 136 valence electrons. The molecule has 0 aromatic carbocycles. The van der Waals surface area contributed by atoms with E-state index in [0.29, 0.717) is 30.6 Å². The summed E-state index contributed by atoms with van der Waals surface area (Å²) in [4.78, 5) is 10.2. The number of alkyl halides is 3. The number of sulfonamides is 1. The Morgan fingerprint density at radius 3 is 2.38 bits per heavy atom. The molecule has 2 heterocycles. The Morgan fingerprint density at radius 2 is 1.83 bits per heavy atom. The first-order valence-electron chi connectivity index (χ1n) is 7.30. The molecule has 0 radical (unpaired) electrons. The van der Waals surface area contributed by atoms with Gasteiger partial charge in [-0.3, -0.25) is 0 Å². The van der Waals surface area contributed by atoms with Crippen LogP contribution in [0.1, 0.15) is 12.2 Å². The molecule has 0 atom stereocenters. The quantitative estimate of drug-likeness (QED) is 0.777. The van der Waals surface area contributed by atoms with Crippen LogP contribution in [0.5, 0.6) is 5.88 Å². The van der Waals surface area contributed by atoms with Crippen LogP contribution in [0.3, 0.4) is 0 Å². The first-order chi connectivity index (χ1) is 11.1. The number of hydrogen-bond donors (Lipinski definition) is 0. The molecule has 1 saturated heterocycles. The number of aryl methyl sites for hydroxylation is 1. The zero-order valence-electron chi connectivity index (χ0n) is 13.4. The summed E-state index contributed by atoms with van der Waals surface area (Å²) < 4.78 is 66.8. The van der Waals surface area contributed by atoms with Crippen molar-refractivity contribution >= 4 is 15.8 Å². The highest BCUT2D eigenvalue weighted by Gasteiger charge is 2.33. The Hall–Kier alpha value is -1.62. The molecule has 0 aliphatic carbocycles. The number of nitrogens with zero attached hydrogens (tertiary/aromatic N) is 4. The van der Waals surface area contributed by atoms with Crippen LogP contribution in [0, 0.1) is 6.92 Å². The van der Waals surface area contributed by atoms with Crippen molar-refractivity contribution in [3.63, 3.8) is 0 Å². The summed E-state index contributed by atoms with van der Waals surface area (Å²) in [5.74, 6) is 0.603.